The number of carbonyl (C=O) groups is 1. The number of anilines is 1. The first-order valence-electron chi connectivity index (χ1n) is 6.21. The third kappa shape index (κ3) is 3.41. The largest absolute Gasteiger partial charge is 0.351 e. The zero-order valence-electron chi connectivity index (χ0n) is 11.4. The van der Waals surface area contributed by atoms with E-state index in [0.717, 1.165) is 22.5 Å². The molecule has 2 aromatic carbocycles. The fourth-order valence-electron chi connectivity index (χ4n) is 1.77. The van der Waals surface area contributed by atoms with Gasteiger partial charge in [-0.05, 0) is 49.2 Å². The smallest absolute Gasteiger partial charge is 0.316 e. The molecule has 0 heterocycles. The van der Waals surface area contributed by atoms with Crippen LogP contribution in [-0.4, -0.2) is 6.03 Å². The molecule has 5 heteroatoms. The second-order valence-electron chi connectivity index (χ2n) is 4.47. The van der Waals surface area contributed by atoms with Gasteiger partial charge in [0.15, 0.2) is 0 Å². The molecule has 3 N–H and O–H groups in total. The van der Waals surface area contributed by atoms with Crippen LogP contribution in [-0.2, 0) is 0 Å². The van der Waals surface area contributed by atoms with Crippen LogP contribution in [0, 0.1) is 13.8 Å². The molecule has 0 aliphatic heterocycles. The van der Waals surface area contributed by atoms with Crippen molar-refractivity contribution in [3.63, 3.8) is 0 Å². The molecule has 0 atom stereocenters. The highest BCUT2D eigenvalue weighted by atomic mass is 16.2. The molecule has 0 bridgehead atoms. The molecule has 0 spiro atoms. The number of carbonyl (C=O) groups excluding carboxylic acids is 1. The summed E-state index contributed by atoms with van der Waals surface area (Å²) >= 11 is 0. The van der Waals surface area contributed by atoms with Gasteiger partial charge in [0, 0.05) is 5.69 Å². The predicted octanol–water partition coefficient (Wildman–Crippen LogP) is 4.21. The first kappa shape index (κ1) is 13.7. The average molecular weight is 268 g/mol. The number of nitrogens with two attached hydrogens (primary N) is 1. The summed E-state index contributed by atoms with van der Waals surface area (Å²) in [5.74, 6) is 0. The molecular weight excluding hydrogens is 252 g/mol. The summed E-state index contributed by atoms with van der Waals surface area (Å²) in [5, 5.41) is 11.0. The number of nitrogens with zero attached hydrogens (tertiary/aromatic N) is 2. The lowest BCUT2D eigenvalue weighted by Crippen LogP contribution is -2.19. The van der Waals surface area contributed by atoms with Crippen LogP contribution in [0.3, 0.4) is 0 Å². The van der Waals surface area contributed by atoms with Crippen molar-refractivity contribution >= 4 is 23.1 Å². The van der Waals surface area contributed by atoms with Crippen LogP contribution < -0.4 is 11.1 Å². The average Bonchev–Trinajstić information content (AvgIpc) is 2.40. The standard InChI is InChI=1S/C15H16N4O/c1-10-5-3-4-6-14(10)19-18-12-7-8-13(11(2)9-12)17-15(16)20/h3-9H,1-2H3,(H3,16,17,20). The molecule has 2 amide bonds. The van der Waals surface area contributed by atoms with Crippen LogP contribution in [0.4, 0.5) is 21.9 Å². The minimum atomic E-state index is -0.581. The van der Waals surface area contributed by atoms with Gasteiger partial charge in [-0.25, -0.2) is 4.79 Å². The van der Waals surface area contributed by atoms with Crippen LogP contribution in [0.2, 0.25) is 0 Å². The molecule has 2 rings (SSSR count). The lowest BCUT2D eigenvalue weighted by Gasteiger charge is -2.06. The monoisotopic (exact) mass is 268 g/mol. The quantitative estimate of drug-likeness (QED) is 0.803. The maximum absolute atomic E-state index is 10.8. The Morgan fingerprint density at radius 2 is 1.80 bits per heavy atom. The fraction of sp³-hybridized carbons (Fsp3) is 0.133. The summed E-state index contributed by atoms with van der Waals surface area (Å²) in [4.78, 5) is 10.8. The molecule has 0 aliphatic carbocycles. The summed E-state index contributed by atoms with van der Waals surface area (Å²) in [6.45, 7) is 3.86. The molecule has 0 radical (unpaired) electrons. The van der Waals surface area contributed by atoms with Crippen molar-refractivity contribution in [3.05, 3.63) is 53.6 Å². The molecule has 0 aromatic heterocycles. The summed E-state index contributed by atoms with van der Waals surface area (Å²) in [7, 11) is 0. The molecule has 0 aliphatic rings. The fourth-order valence-corrected chi connectivity index (χ4v) is 1.77. The third-order valence-corrected chi connectivity index (χ3v) is 2.86. The first-order valence-corrected chi connectivity index (χ1v) is 6.21. The molecule has 5 nitrogen and oxygen atoms in total. The molecule has 20 heavy (non-hydrogen) atoms. The van der Waals surface area contributed by atoms with Gasteiger partial charge >= 0.3 is 6.03 Å². The third-order valence-electron chi connectivity index (χ3n) is 2.86. The number of amides is 2. The molecule has 0 unspecified atom stereocenters. The number of hydrogen-bond acceptors (Lipinski definition) is 3. The zero-order chi connectivity index (χ0) is 14.5. The van der Waals surface area contributed by atoms with Gasteiger partial charge in [-0.1, -0.05) is 18.2 Å². The Labute approximate surface area is 117 Å². The van der Waals surface area contributed by atoms with E-state index in [4.69, 9.17) is 5.73 Å². The summed E-state index contributed by atoms with van der Waals surface area (Å²) < 4.78 is 0. The highest BCUT2D eigenvalue weighted by Crippen LogP contribution is 2.25. The minimum absolute atomic E-state index is 0.581. The topological polar surface area (TPSA) is 79.8 Å². The molecule has 0 fully saturated rings. The van der Waals surface area contributed by atoms with E-state index in [0.29, 0.717) is 5.69 Å². The lowest BCUT2D eigenvalue weighted by atomic mass is 10.2. The number of rotatable bonds is 3. The number of urea groups is 1. The van der Waals surface area contributed by atoms with E-state index in [1.165, 1.54) is 0 Å². The van der Waals surface area contributed by atoms with Gasteiger partial charge in [0.1, 0.15) is 0 Å². The van der Waals surface area contributed by atoms with E-state index in [1.807, 2.05) is 44.2 Å². The number of azo groups is 1. The Kier molecular flexibility index (Phi) is 4.10. The van der Waals surface area contributed by atoms with E-state index in [-0.39, 0.29) is 0 Å². The van der Waals surface area contributed by atoms with Gasteiger partial charge in [-0.2, -0.15) is 10.2 Å². The van der Waals surface area contributed by atoms with Gasteiger partial charge < -0.3 is 11.1 Å². The van der Waals surface area contributed by atoms with Gasteiger partial charge in [-0.15, -0.1) is 0 Å². The Bertz CT molecular complexity index is 665. The van der Waals surface area contributed by atoms with E-state index in [2.05, 4.69) is 15.5 Å². The number of primary amides is 1. The van der Waals surface area contributed by atoms with Crippen LogP contribution in [0.1, 0.15) is 11.1 Å². The van der Waals surface area contributed by atoms with Gasteiger partial charge in [0.25, 0.3) is 0 Å². The van der Waals surface area contributed by atoms with Crippen LogP contribution in [0.5, 0.6) is 0 Å². The summed E-state index contributed by atoms with van der Waals surface area (Å²) in [6, 6.07) is 12.6. The summed E-state index contributed by atoms with van der Waals surface area (Å²) in [6.07, 6.45) is 0. The van der Waals surface area contributed by atoms with Crippen molar-refractivity contribution in [2.24, 2.45) is 16.0 Å². The van der Waals surface area contributed by atoms with Crippen molar-refractivity contribution in [2.45, 2.75) is 13.8 Å². The van der Waals surface area contributed by atoms with Crippen molar-refractivity contribution in [1.29, 1.82) is 0 Å². The van der Waals surface area contributed by atoms with E-state index in [9.17, 15) is 4.79 Å². The Morgan fingerprint density at radius 1 is 1.05 bits per heavy atom. The molecule has 0 saturated carbocycles. The highest BCUT2D eigenvalue weighted by Gasteiger charge is 2.02. The number of hydrogen-bond donors (Lipinski definition) is 2. The van der Waals surface area contributed by atoms with Crippen molar-refractivity contribution in [3.8, 4) is 0 Å². The number of aryl methyl sites for hydroxylation is 2. The van der Waals surface area contributed by atoms with Crippen molar-refractivity contribution < 1.29 is 4.79 Å². The maximum atomic E-state index is 10.8. The lowest BCUT2D eigenvalue weighted by molar-refractivity contribution is 0.259. The number of benzene rings is 2. The normalized spacial score (nSPS) is 10.7. The Morgan fingerprint density at radius 3 is 2.45 bits per heavy atom. The van der Waals surface area contributed by atoms with E-state index >= 15 is 0 Å². The second-order valence-corrected chi connectivity index (χ2v) is 4.47. The Hall–Kier alpha value is -2.69. The maximum Gasteiger partial charge on any atom is 0.316 e. The minimum Gasteiger partial charge on any atom is -0.351 e. The SMILES string of the molecule is Cc1ccccc1N=Nc1ccc(NC(N)=O)c(C)c1. The van der Waals surface area contributed by atoms with Gasteiger partial charge in [0.2, 0.25) is 0 Å². The van der Waals surface area contributed by atoms with E-state index in [1.54, 1.807) is 12.1 Å². The zero-order valence-corrected chi connectivity index (χ0v) is 11.4. The highest BCUT2D eigenvalue weighted by molar-refractivity contribution is 5.88. The molecule has 102 valence electrons. The molecular formula is C15H16N4O. The van der Waals surface area contributed by atoms with Crippen molar-refractivity contribution in [1.82, 2.24) is 0 Å². The second kappa shape index (κ2) is 5.97. The van der Waals surface area contributed by atoms with Gasteiger partial charge in [-0.3, -0.25) is 0 Å². The first-order chi connectivity index (χ1) is 9.56. The Balaban J connectivity index is 2.20. The van der Waals surface area contributed by atoms with Gasteiger partial charge in [0.05, 0.1) is 11.4 Å². The van der Waals surface area contributed by atoms with Crippen LogP contribution >= 0.6 is 0 Å². The van der Waals surface area contributed by atoms with Crippen molar-refractivity contribution in [2.75, 3.05) is 5.32 Å². The molecule has 2 aromatic rings. The predicted molar refractivity (Wildman–Crippen MR) is 79.7 cm³/mol. The summed E-state index contributed by atoms with van der Waals surface area (Å²) in [5.41, 5.74) is 9.27. The number of nitrogens with one attached hydrogen (secondary N) is 1. The van der Waals surface area contributed by atoms with E-state index < -0.39 is 6.03 Å². The van der Waals surface area contributed by atoms with Crippen LogP contribution in [0.25, 0.3) is 0 Å². The van der Waals surface area contributed by atoms with Crippen LogP contribution in [0.15, 0.2) is 52.7 Å². The molecule has 0 saturated heterocycles.